The highest BCUT2D eigenvalue weighted by molar-refractivity contribution is 7.88. The van der Waals surface area contributed by atoms with E-state index < -0.39 is 10.0 Å². The number of amides is 1. The lowest BCUT2D eigenvalue weighted by Gasteiger charge is -2.56. The Balaban J connectivity index is 1.63. The van der Waals surface area contributed by atoms with Gasteiger partial charge in [-0.25, -0.2) is 18.1 Å². The zero-order chi connectivity index (χ0) is 19.9. The van der Waals surface area contributed by atoms with Crippen LogP contribution in [0.15, 0.2) is 18.3 Å². The lowest BCUT2D eigenvalue weighted by molar-refractivity contribution is -0.148. The first kappa shape index (κ1) is 19.2. The van der Waals surface area contributed by atoms with Crippen molar-refractivity contribution in [1.29, 1.82) is 5.26 Å². The van der Waals surface area contributed by atoms with Crippen LogP contribution in [-0.4, -0.2) is 62.2 Å². The van der Waals surface area contributed by atoms with Crippen LogP contribution in [0.5, 0.6) is 0 Å². The van der Waals surface area contributed by atoms with E-state index in [9.17, 15) is 18.5 Å². The lowest BCUT2D eigenvalue weighted by atomic mass is 9.72. The third-order valence-corrected chi connectivity index (χ3v) is 6.94. The molecular weight excluding hydrogens is 378 g/mol. The number of hydrogen-bond acceptors (Lipinski definition) is 6. The van der Waals surface area contributed by atoms with E-state index in [1.165, 1.54) is 0 Å². The molecule has 1 aromatic heterocycles. The maximum absolute atomic E-state index is 12.7. The molecule has 0 unspecified atom stereocenters. The van der Waals surface area contributed by atoms with Gasteiger partial charge in [0.25, 0.3) is 0 Å². The SMILES string of the molecule is CS(=O)(=O)NC[C@H]1[C@H]2C[C@H](CN(c3cc(C#N)ccn3)C2)[C@@H]2CCCC(=O)N21. The third-order valence-electron chi connectivity index (χ3n) is 6.25. The Kier molecular flexibility index (Phi) is 5.02. The summed E-state index contributed by atoms with van der Waals surface area (Å²) in [5.74, 6) is 1.42. The topological polar surface area (TPSA) is 106 Å². The molecule has 2 bridgehead atoms. The van der Waals surface area contributed by atoms with Gasteiger partial charge in [0.05, 0.1) is 23.9 Å². The average molecular weight is 404 g/mol. The van der Waals surface area contributed by atoms with E-state index in [1.54, 1.807) is 18.3 Å². The van der Waals surface area contributed by atoms with Crippen molar-refractivity contribution in [2.75, 3.05) is 30.8 Å². The first-order chi connectivity index (χ1) is 13.4. The predicted molar refractivity (Wildman–Crippen MR) is 104 cm³/mol. The standard InChI is InChI=1S/C19H25N5O3S/c1-28(26,27)22-10-17-15-8-14(16-3-2-4-19(25)24(16)17)11-23(12-15)18-7-13(9-20)5-6-21-18/h5-7,14-17,22H,2-4,8,10-12H2,1H3/t14-,15+,16+,17+/m1/s1. The summed E-state index contributed by atoms with van der Waals surface area (Å²) in [5, 5.41) is 9.19. The van der Waals surface area contributed by atoms with Crippen LogP contribution in [0.2, 0.25) is 0 Å². The van der Waals surface area contributed by atoms with E-state index in [4.69, 9.17) is 0 Å². The molecule has 0 aliphatic carbocycles. The molecule has 3 aliphatic rings. The maximum Gasteiger partial charge on any atom is 0.223 e. The zero-order valence-electron chi connectivity index (χ0n) is 15.9. The van der Waals surface area contributed by atoms with Crippen molar-refractivity contribution >= 4 is 21.7 Å². The quantitative estimate of drug-likeness (QED) is 0.794. The van der Waals surface area contributed by atoms with Crippen molar-refractivity contribution in [2.45, 2.75) is 37.8 Å². The molecule has 1 aromatic rings. The molecule has 4 rings (SSSR count). The first-order valence-electron chi connectivity index (χ1n) is 9.72. The summed E-state index contributed by atoms with van der Waals surface area (Å²) in [6, 6.07) is 5.64. The van der Waals surface area contributed by atoms with E-state index in [2.05, 4.69) is 20.7 Å². The highest BCUT2D eigenvalue weighted by atomic mass is 32.2. The van der Waals surface area contributed by atoms with Crippen LogP contribution in [0.25, 0.3) is 0 Å². The van der Waals surface area contributed by atoms with Crippen LogP contribution >= 0.6 is 0 Å². The largest absolute Gasteiger partial charge is 0.356 e. The van der Waals surface area contributed by atoms with Crippen LogP contribution in [0.4, 0.5) is 5.82 Å². The van der Waals surface area contributed by atoms with Gasteiger partial charge in [0, 0.05) is 38.3 Å². The normalized spacial score (nSPS) is 29.9. The number of piperidine rings is 3. The Bertz CT molecular complexity index is 912. The number of pyridine rings is 1. The smallest absolute Gasteiger partial charge is 0.223 e. The van der Waals surface area contributed by atoms with Crippen molar-refractivity contribution in [2.24, 2.45) is 11.8 Å². The van der Waals surface area contributed by atoms with Crippen LogP contribution in [0.3, 0.4) is 0 Å². The van der Waals surface area contributed by atoms with Crippen molar-refractivity contribution in [1.82, 2.24) is 14.6 Å². The Morgan fingerprint density at radius 1 is 1.36 bits per heavy atom. The number of rotatable bonds is 4. The van der Waals surface area contributed by atoms with Crippen molar-refractivity contribution in [3.8, 4) is 6.07 Å². The molecular formula is C19H25N5O3S. The minimum absolute atomic E-state index is 0.143. The minimum Gasteiger partial charge on any atom is -0.356 e. The first-order valence-corrected chi connectivity index (χ1v) is 11.6. The van der Waals surface area contributed by atoms with E-state index in [-0.39, 0.29) is 30.5 Å². The van der Waals surface area contributed by atoms with Gasteiger partial charge in [-0.1, -0.05) is 0 Å². The van der Waals surface area contributed by atoms with Crippen LogP contribution in [0, 0.1) is 23.2 Å². The number of anilines is 1. The number of carbonyl (C=O) groups excluding carboxylic acids is 1. The highest BCUT2D eigenvalue weighted by Crippen LogP contribution is 2.42. The van der Waals surface area contributed by atoms with Gasteiger partial charge >= 0.3 is 0 Å². The fourth-order valence-corrected chi connectivity index (χ4v) is 5.60. The molecule has 4 atom stereocenters. The molecule has 3 saturated heterocycles. The Hall–Kier alpha value is -2.18. The molecule has 3 aliphatic heterocycles. The molecule has 3 fully saturated rings. The lowest BCUT2D eigenvalue weighted by Crippen LogP contribution is -2.67. The number of sulfonamides is 1. The van der Waals surface area contributed by atoms with Gasteiger partial charge in [-0.3, -0.25) is 4.79 Å². The van der Waals surface area contributed by atoms with Gasteiger partial charge in [0.1, 0.15) is 5.82 Å². The Labute approximate surface area is 165 Å². The monoisotopic (exact) mass is 403 g/mol. The molecule has 0 saturated carbocycles. The molecule has 28 heavy (non-hydrogen) atoms. The number of nitrogens with zero attached hydrogens (tertiary/aromatic N) is 4. The van der Waals surface area contributed by atoms with E-state index in [0.717, 1.165) is 37.9 Å². The number of fused-ring (bicyclic) bond motifs is 4. The summed E-state index contributed by atoms with van der Waals surface area (Å²) in [7, 11) is -3.33. The second kappa shape index (κ2) is 7.33. The number of hydrogen-bond donors (Lipinski definition) is 1. The van der Waals surface area contributed by atoms with E-state index in [1.807, 2.05) is 4.90 Å². The van der Waals surface area contributed by atoms with Crippen LogP contribution in [-0.2, 0) is 14.8 Å². The number of carbonyl (C=O) groups is 1. The molecule has 8 nitrogen and oxygen atoms in total. The second-order valence-electron chi connectivity index (χ2n) is 8.12. The van der Waals surface area contributed by atoms with E-state index >= 15 is 0 Å². The summed E-state index contributed by atoms with van der Waals surface area (Å²) in [6.07, 6.45) is 6.17. The Morgan fingerprint density at radius 3 is 2.89 bits per heavy atom. The molecule has 1 N–H and O–H groups in total. The van der Waals surface area contributed by atoms with Crippen molar-refractivity contribution in [3.63, 3.8) is 0 Å². The molecule has 150 valence electrons. The average Bonchev–Trinajstić information content (AvgIpc) is 2.67. The molecule has 0 radical (unpaired) electrons. The van der Waals surface area contributed by atoms with Crippen LogP contribution in [0.1, 0.15) is 31.2 Å². The van der Waals surface area contributed by atoms with Gasteiger partial charge in [-0.2, -0.15) is 5.26 Å². The summed E-state index contributed by atoms with van der Waals surface area (Å²) in [5.41, 5.74) is 0.575. The van der Waals surface area contributed by atoms with Crippen molar-refractivity contribution < 1.29 is 13.2 Å². The number of nitrogens with one attached hydrogen (secondary N) is 1. The summed E-state index contributed by atoms with van der Waals surface area (Å²) < 4.78 is 26.0. The molecule has 4 heterocycles. The van der Waals surface area contributed by atoms with Gasteiger partial charge in [0.15, 0.2) is 0 Å². The molecule has 1 amide bonds. The molecule has 9 heteroatoms. The van der Waals surface area contributed by atoms with Gasteiger partial charge in [-0.05, 0) is 43.2 Å². The van der Waals surface area contributed by atoms with Gasteiger partial charge < -0.3 is 9.80 Å². The highest BCUT2D eigenvalue weighted by Gasteiger charge is 2.49. The van der Waals surface area contributed by atoms with Crippen LogP contribution < -0.4 is 9.62 Å². The fourth-order valence-electron chi connectivity index (χ4n) is 5.12. The van der Waals surface area contributed by atoms with E-state index in [0.29, 0.717) is 24.4 Å². The number of nitriles is 1. The second-order valence-corrected chi connectivity index (χ2v) is 9.96. The van der Waals surface area contributed by atoms with Gasteiger partial charge in [0.2, 0.25) is 15.9 Å². The predicted octanol–water partition coefficient (Wildman–Crippen LogP) is 0.708. The zero-order valence-corrected chi connectivity index (χ0v) is 16.7. The maximum atomic E-state index is 12.7. The summed E-state index contributed by atoms with van der Waals surface area (Å²) >= 11 is 0. The fraction of sp³-hybridized carbons (Fsp3) is 0.632. The summed E-state index contributed by atoms with van der Waals surface area (Å²) in [4.78, 5) is 21.3. The molecule has 0 spiro atoms. The number of aromatic nitrogens is 1. The van der Waals surface area contributed by atoms with Gasteiger partial charge in [-0.15, -0.1) is 0 Å². The summed E-state index contributed by atoms with van der Waals surface area (Å²) in [6.45, 7) is 1.75. The molecule has 0 aromatic carbocycles. The minimum atomic E-state index is -3.33. The third kappa shape index (κ3) is 3.71. The Morgan fingerprint density at radius 2 is 2.14 bits per heavy atom. The van der Waals surface area contributed by atoms with Crippen molar-refractivity contribution in [3.05, 3.63) is 23.9 Å².